The zero-order chi connectivity index (χ0) is 20.8. The molecule has 6 rings (SSSR count). The SMILES string of the molecule is O=C(CSc1nnnn1C1CC1)N1N=C(c2cc3ccccc3o2)CC1c1ccco1. The van der Waals surface area contributed by atoms with Gasteiger partial charge in [0.05, 0.1) is 18.1 Å². The van der Waals surface area contributed by atoms with Crippen molar-refractivity contribution in [1.82, 2.24) is 25.2 Å². The molecular formula is C21H18N6O3S. The number of hydrogen-bond acceptors (Lipinski definition) is 8. The molecule has 1 aliphatic carbocycles. The Morgan fingerprint density at radius 2 is 2.10 bits per heavy atom. The minimum Gasteiger partial charge on any atom is -0.467 e. The highest BCUT2D eigenvalue weighted by Crippen LogP contribution is 2.37. The molecule has 0 radical (unpaired) electrons. The topological polar surface area (TPSA) is 103 Å². The molecule has 4 aromatic rings. The van der Waals surface area contributed by atoms with Gasteiger partial charge in [-0.2, -0.15) is 5.10 Å². The second-order valence-electron chi connectivity index (χ2n) is 7.59. The third-order valence-electron chi connectivity index (χ3n) is 5.43. The summed E-state index contributed by atoms with van der Waals surface area (Å²) in [6, 6.07) is 13.5. The van der Waals surface area contributed by atoms with Gasteiger partial charge in [-0.15, -0.1) is 5.10 Å². The number of aromatic nitrogens is 4. The quantitative estimate of drug-likeness (QED) is 0.425. The third kappa shape index (κ3) is 3.42. The Labute approximate surface area is 181 Å². The van der Waals surface area contributed by atoms with Crippen molar-refractivity contribution < 1.29 is 13.6 Å². The highest BCUT2D eigenvalue weighted by atomic mass is 32.2. The average molecular weight is 434 g/mol. The molecule has 3 aromatic heterocycles. The number of carbonyl (C=O) groups excluding carboxylic acids is 1. The zero-order valence-electron chi connectivity index (χ0n) is 16.4. The van der Waals surface area contributed by atoms with Gasteiger partial charge < -0.3 is 8.83 Å². The molecule has 0 bridgehead atoms. The summed E-state index contributed by atoms with van der Waals surface area (Å²) >= 11 is 1.33. The van der Waals surface area contributed by atoms with E-state index in [4.69, 9.17) is 8.83 Å². The lowest BCUT2D eigenvalue weighted by molar-refractivity contribution is -0.130. The van der Waals surface area contributed by atoms with Crippen molar-refractivity contribution in [2.45, 2.75) is 36.5 Å². The Bertz CT molecular complexity index is 1240. The van der Waals surface area contributed by atoms with Crippen LogP contribution in [-0.2, 0) is 4.79 Å². The first-order chi connectivity index (χ1) is 15.3. The largest absolute Gasteiger partial charge is 0.467 e. The summed E-state index contributed by atoms with van der Waals surface area (Å²) in [5.41, 5.74) is 1.51. The van der Waals surface area contributed by atoms with Crippen molar-refractivity contribution >= 4 is 34.3 Å². The van der Waals surface area contributed by atoms with E-state index in [1.54, 1.807) is 10.9 Å². The summed E-state index contributed by atoms with van der Waals surface area (Å²) in [5, 5.41) is 19.6. The molecular weight excluding hydrogens is 416 g/mol. The highest BCUT2D eigenvalue weighted by molar-refractivity contribution is 7.99. The van der Waals surface area contributed by atoms with E-state index in [2.05, 4.69) is 20.6 Å². The van der Waals surface area contributed by atoms with Gasteiger partial charge in [0, 0.05) is 11.8 Å². The maximum absolute atomic E-state index is 13.1. The van der Waals surface area contributed by atoms with Crippen LogP contribution in [0.3, 0.4) is 0 Å². The van der Waals surface area contributed by atoms with E-state index < -0.39 is 0 Å². The molecule has 4 heterocycles. The van der Waals surface area contributed by atoms with Gasteiger partial charge in [-0.1, -0.05) is 30.0 Å². The summed E-state index contributed by atoms with van der Waals surface area (Å²) in [6.07, 6.45) is 4.27. The summed E-state index contributed by atoms with van der Waals surface area (Å²) < 4.78 is 13.4. The number of rotatable bonds is 6. The van der Waals surface area contributed by atoms with Crippen LogP contribution in [0.25, 0.3) is 11.0 Å². The number of hydrogen-bond donors (Lipinski definition) is 0. The molecule has 156 valence electrons. The van der Waals surface area contributed by atoms with E-state index in [1.165, 1.54) is 16.8 Å². The van der Waals surface area contributed by atoms with Gasteiger partial charge in [0.15, 0.2) is 5.76 Å². The van der Waals surface area contributed by atoms with Crippen LogP contribution in [0.4, 0.5) is 0 Å². The highest BCUT2D eigenvalue weighted by Gasteiger charge is 2.36. The molecule has 0 spiro atoms. The number of tetrazole rings is 1. The molecule has 0 saturated heterocycles. The van der Waals surface area contributed by atoms with Gasteiger partial charge in [0.2, 0.25) is 5.16 Å². The van der Waals surface area contributed by atoms with Crippen molar-refractivity contribution in [2.75, 3.05) is 5.75 Å². The first-order valence-electron chi connectivity index (χ1n) is 10.1. The van der Waals surface area contributed by atoms with E-state index in [1.807, 2.05) is 42.5 Å². The lowest BCUT2D eigenvalue weighted by Gasteiger charge is -2.19. The molecule has 10 heteroatoms. The van der Waals surface area contributed by atoms with Gasteiger partial charge >= 0.3 is 0 Å². The molecule has 1 saturated carbocycles. The second kappa shape index (κ2) is 7.38. The van der Waals surface area contributed by atoms with Crippen molar-refractivity contribution in [1.29, 1.82) is 0 Å². The summed E-state index contributed by atoms with van der Waals surface area (Å²) in [7, 11) is 0. The third-order valence-corrected chi connectivity index (χ3v) is 6.35. The fourth-order valence-corrected chi connectivity index (χ4v) is 4.53. The minimum absolute atomic E-state index is 0.136. The Morgan fingerprint density at radius 3 is 2.90 bits per heavy atom. The molecule has 1 amide bonds. The van der Waals surface area contributed by atoms with Crippen LogP contribution in [0.5, 0.6) is 0 Å². The Hall–Kier alpha value is -3.40. The molecule has 1 aliphatic heterocycles. The zero-order valence-corrected chi connectivity index (χ0v) is 17.2. The molecule has 1 fully saturated rings. The van der Waals surface area contributed by atoms with Crippen molar-refractivity contribution in [3.05, 3.63) is 60.2 Å². The number of benzene rings is 1. The summed E-state index contributed by atoms with van der Waals surface area (Å²) in [6.45, 7) is 0. The van der Waals surface area contributed by atoms with Crippen LogP contribution in [0.2, 0.25) is 0 Å². The minimum atomic E-state index is -0.314. The summed E-state index contributed by atoms with van der Waals surface area (Å²) in [4.78, 5) is 13.1. The number of hydrazone groups is 1. The van der Waals surface area contributed by atoms with E-state index >= 15 is 0 Å². The van der Waals surface area contributed by atoms with Gasteiger partial charge in [0.1, 0.15) is 23.1 Å². The molecule has 31 heavy (non-hydrogen) atoms. The lowest BCUT2D eigenvalue weighted by Crippen LogP contribution is -2.28. The van der Waals surface area contributed by atoms with Crippen molar-refractivity contribution in [3.8, 4) is 0 Å². The first-order valence-corrected chi connectivity index (χ1v) is 11.1. The van der Waals surface area contributed by atoms with E-state index in [9.17, 15) is 4.79 Å². The molecule has 1 atom stereocenters. The fraction of sp³-hybridized carbons (Fsp3) is 0.286. The number of furan rings is 2. The number of para-hydroxylation sites is 1. The summed E-state index contributed by atoms with van der Waals surface area (Å²) in [5.74, 6) is 1.40. The van der Waals surface area contributed by atoms with Crippen LogP contribution < -0.4 is 0 Å². The van der Waals surface area contributed by atoms with Crippen molar-refractivity contribution in [3.63, 3.8) is 0 Å². The van der Waals surface area contributed by atoms with E-state index in [0.29, 0.717) is 29.1 Å². The normalized spacial score (nSPS) is 18.6. The Kier molecular flexibility index (Phi) is 4.37. The lowest BCUT2D eigenvalue weighted by atomic mass is 10.1. The van der Waals surface area contributed by atoms with Gasteiger partial charge in [-0.25, -0.2) is 9.69 Å². The monoisotopic (exact) mass is 434 g/mol. The van der Waals surface area contributed by atoms with E-state index in [-0.39, 0.29) is 17.7 Å². The Balaban J connectivity index is 1.26. The van der Waals surface area contributed by atoms with Gasteiger partial charge in [-0.3, -0.25) is 4.79 Å². The standard InChI is InChI=1S/C21H18N6O3S/c28-20(12-31-21-22-24-25-26(21)14-7-8-14)27-16(18-6-3-9-29-18)11-15(23-27)19-10-13-4-1-2-5-17(13)30-19/h1-6,9-10,14,16H,7-8,11-12H2. The predicted molar refractivity (Wildman–Crippen MR) is 112 cm³/mol. The Morgan fingerprint density at radius 1 is 1.19 bits per heavy atom. The van der Waals surface area contributed by atoms with Gasteiger partial charge in [-0.05, 0) is 47.5 Å². The van der Waals surface area contributed by atoms with Gasteiger partial charge in [0.25, 0.3) is 5.91 Å². The average Bonchev–Trinajstić information content (AvgIpc) is 3.26. The number of fused-ring (bicyclic) bond motifs is 1. The van der Waals surface area contributed by atoms with Crippen LogP contribution >= 0.6 is 11.8 Å². The van der Waals surface area contributed by atoms with Crippen LogP contribution in [-0.4, -0.2) is 42.6 Å². The fourth-order valence-electron chi connectivity index (χ4n) is 3.74. The molecule has 2 aliphatic rings. The van der Waals surface area contributed by atoms with E-state index in [0.717, 1.165) is 29.5 Å². The molecule has 9 nitrogen and oxygen atoms in total. The molecule has 0 N–H and O–H groups in total. The van der Waals surface area contributed by atoms with Crippen molar-refractivity contribution in [2.24, 2.45) is 5.10 Å². The predicted octanol–water partition coefficient (Wildman–Crippen LogP) is 3.82. The second-order valence-corrected chi connectivity index (χ2v) is 8.54. The maximum Gasteiger partial charge on any atom is 0.253 e. The number of nitrogens with zero attached hydrogens (tertiary/aromatic N) is 6. The van der Waals surface area contributed by atoms with Crippen LogP contribution in [0, 0.1) is 0 Å². The number of amides is 1. The smallest absolute Gasteiger partial charge is 0.253 e. The first kappa shape index (κ1) is 18.4. The number of carbonyl (C=O) groups is 1. The maximum atomic E-state index is 13.1. The van der Waals surface area contributed by atoms with Crippen LogP contribution in [0.15, 0.2) is 67.8 Å². The van der Waals surface area contributed by atoms with Crippen LogP contribution in [0.1, 0.15) is 42.9 Å². The number of thioether (sulfide) groups is 1. The molecule has 1 aromatic carbocycles. The molecule has 1 unspecified atom stereocenters.